The van der Waals surface area contributed by atoms with Crippen molar-refractivity contribution < 1.29 is 9.18 Å². The van der Waals surface area contributed by atoms with Crippen molar-refractivity contribution in [2.45, 2.75) is 0 Å². The molecule has 6 heteroatoms. The summed E-state index contributed by atoms with van der Waals surface area (Å²) in [6, 6.07) is 5.92. The van der Waals surface area contributed by atoms with Crippen LogP contribution >= 0.6 is 27.5 Å². The molecule has 0 aliphatic carbocycles. The van der Waals surface area contributed by atoms with E-state index in [9.17, 15) is 9.18 Å². The summed E-state index contributed by atoms with van der Waals surface area (Å²) in [6.45, 7) is 0. The number of aromatic nitrogens is 1. The minimum Gasteiger partial charge on any atom is -0.320 e. The number of rotatable bonds is 2. The predicted octanol–water partition coefficient (Wildman–Crippen LogP) is 3.89. The van der Waals surface area contributed by atoms with Crippen LogP contribution in [-0.4, -0.2) is 10.9 Å². The van der Waals surface area contributed by atoms with Gasteiger partial charge in [0, 0.05) is 10.7 Å². The third-order valence-electron chi connectivity index (χ3n) is 2.16. The number of carbonyl (C=O) groups is 1. The van der Waals surface area contributed by atoms with Crippen LogP contribution in [0.2, 0.25) is 5.02 Å². The molecule has 0 fully saturated rings. The van der Waals surface area contributed by atoms with Crippen molar-refractivity contribution in [3.63, 3.8) is 0 Å². The van der Waals surface area contributed by atoms with E-state index in [1.165, 1.54) is 24.4 Å². The fourth-order valence-corrected chi connectivity index (χ4v) is 1.90. The molecule has 3 nitrogen and oxygen atoms in total. The summed E-state index contributed by atoms with van der Waals surface area (Å²) < 4.78 is 14.3. The van der Waals surface area contributed by atoms with Crippen molar-refractivity contribution in [1.29, 1.82) is 0 Å². The Morgan fingerprint density at radius 1 is 1.39 bits per heavy atom. The third kappa shape index (κ3) is 2.86. The van der Waals surface area contributed by atoms with Gasteiger partial charge in [-0.1, -0.05) is 17.7 Å². The van der Waals surface area contributed by atoms with E-state index < -0.39 is 11.7 Å². The van der Waals surface area contributed by atoms with Crippen molar-refractivity contribution in [3.05, 3.63) is 57.5 Å². The van der Waals surface area contributed by atoms with E-state index in [0.717, 1.165) is 0 Å². The molecule has 0 saturated heterocycles. The first-order chi connectivity index (χ1) is 8.58. The van der Waals surface area contributed by atoms with Gasteiger partial charge in [-0.2, -0.15) is 0 Å². The van der Waals surface area contributed by atoms with E-state index in [1.54, 1.807) is 12.3 Å². The Kier molecular flexibility index (Phi) is 3.93. The monoisotopic (exact) mass is 328 g/mol. The van der Waals surface area contributed by atoms with Crippen LogP contribution < -0.4 is 5.32 Å². The molecule has 18 heavy (non-hydrogen) atoms. The van der Waals surface area contributed by atoms with Gasteiger partial charge in [0.15, 0.2) is 5.82 Å². The molecule has 0 bridgehead atoms. The molecule has 1 N–H and O–H groups in total. The molecule has 0 spiro atoms. The van der Waals surface area contributed by atoms with E-state index >= 15 is 0 Å². The first kappa shape index (κ1) is 13.0. The quantitative estimate of drug-likeness (QED) is 0.908. The highest BCUT2D eigenvalue weighted by molar-refractivity contribution is 9.10. The second-order valence-electron chi connectivity index (χ2n) is 3.45. The van der Waals surface area contributed by atoms with Crippen LogP contribution in [0, 0.1) is 5.82 Å². The SMILES string of the molecule is O=C(Nc1cncc(Br)c1)c1cccc(Cl)c1F. The standard InChI is InChI=1S/C12H7BrClFN2O/c13-7-4-8(6-16-5-7)17-12(18)9-2-1-3-10(14)11(9)15/h1-6H,(H,17,18). The molecule has 0 aliphatic heterocycles. The molecule has 92 valence electrons. The molecule has 1 amide bonds. The Morgan fingerprint density at radius 2 is 2.17 bits per heavy atom. The summed E-state index contributed by atoms with van der Waals surface area (Å²) in [5.74, 6) is -1.31. The number of anilines is 1. The van der Waals surface area contributed by atoms with Crippen LogP contribution in [0.5, 0.6) is 0 Å². The van der Waals surface area contributed by atoms with E-state index in [-0.39, 0.29) is 10.6 Å². The lowest BCUT2D eigenvalue weighted by Crippen LogP contribution is -2.14. The summed E-state index contributed by atoms with van der Waals surface area (Å²) in [6.07, 6.45) is 3.04. The minimum absolute atomic E-state index is 0.0879. The molecular weight excluding hydrogens is 322 g/mol. The Bertz CT molecular complexity index is 606. The number of amides is 1. The predicted molar refractivity (Wildman–Crippen MR) is 71.3 cm³/mol. The summed E-state index contributed by atoms with van der Waals surface area (Å²) in [5.41, 5.74) is 0.358. The van der Waals surface area contributed by atoms with Gasteiger partial charge < -0.3 is 5.32 Å². The third-order valence-corrected chi connectivity index (χ3v) is 2.88. The summed E-state index contributed by atoms with van der Waals surface area (Å²) >= 11 is 8.84. The summed E-state index contributed by atoms with van der Waals surface area (Å²) in [7, 11) is 0. The highest BCUT2D eigenvalue weighted by Crippen LogP contribution is 2.20. The van der Waals surface area contributed by atoms with Crippen LogP contribution in [-0.2, 0) is 0 Å². The minimum atomic E-state index is -0.736. The van der Waals surface area contributed by atoms with E-state index in [0.29, 0.717) is 10.2 Å². The lowest BCUT2D eigenvalue weighted by molar-refractivity contribution is 0.102. The Morgan fingerprint density at radius 3 is 2.89 bits per heavy atom. The number of nitrogens with one attached hydrogen (secondary N) is 1. The molecule has 0 saturated carbocycles. The van der Waals surface area contributed by atoms with E-state index in [2.05, 4.69) is 26.2 Å². The Hall–Kier alpha value is -1.46. The van der Waals surface area contributed by atoms with Crippen molar-refractivity contribution in [2.24, 2.45) is 0 Å². The fraction of sp³-hybridized carbons (Fsp3) is 0. The van der Waals surface area contributed by atoms with Gasteiger partial charge >= 0.3 is 0 Å². The van der Waals surface area contributed by atoms with Gasteiger partial charge in [0.05, 0.1) is 22.5 Å². The molecule has 1 aromatic carbocycles. The molecule has 0 unspecified atom stereocenters. The fourth-order valence-electron chi connectivity index (χ4n) is 1.36. The van der Waals surface area contributed by atoms with Crippen molar-refractivity contribution in [2.75, 3.05) is 5.32 Å². The average molecular weight is 330 g/mol. The number of pyridine rings is 1. The molecule has 1 heterocycles. The summed E-state index contributed by atoms with van der Waals surface area (Å²) in [5, 5.41) is 2.45. The zero-order valence-corrected chi connectivity index (χ0v) is 11.3. The van der Waals surface area contributed by atoms with Crippen LogP contribution in [0.4, 0.5) is 10.1 Å². The maximum atomic E-state index is 13.6. The maximum Gasteiger partial charge on any atom is 0.258 e. The lowest BCUT2D eigenvalue weighted by Gasteiger charge is -2.06. The van der Waals surface area contributed by atoms with Crippen molar-refractivity contribution >= 4 is 39.1 Å². The van der Waals surface area contributed by atoms with Crippen molar-refractivity contribution in [3.8, 4) is 0 Å². The van der Waals surface area contributed by atoms with Crippen LogP contribution in [0.1, 0.15) is 10.4 Å². The maximum absolute atomic E-state index is 13.6. The van der Waals surface area contributed by atoms with Gasteiger partial charge in [-0.05, 0) is 34.1 Å². The molecule has 2 aromatic rings. The molecule has 1 aromatic heterocycles. The second kappa shape index (κ2) is 5.46. The Balaban J connectivity index is 2.25. The van der Waals surface area contributed by atoms with Crippen LogP contribution in [0.25, 0.3) is 0 Å². The number of hydrogen-bond acceptors (Lipinski definition) is 2. The molecule has 0 radical (unpaired) electrons. The van der Waals surface area contributed by atoms with Gasteiger partial charge in [-0.3, -0.25) is 9.78 Å². The van der Waals surface area contributed by atoms with Gasteiger partial charge in [-0.15, -0.1) is 0 Å². The molecule has 0 aliphatic rings. The Labute approximate surface area is 116 Å². The van der Waals surface area contributed by atoms with Gasteiger partial charge in [0.1, 0.15) is 0 Å². The van der Waals surface area contributed by atoms with Crippen LogP contribution in [0.3, 0.4) is 0 Å². The van der Waals surface area contributed by atoms with Gasteiger partial charge in [0.25, 0.3) is 5.91 Å². The molecular formula is C12H7BrClFN2O. The number of nitrogens with zero attached hydrogens (tertiary/aromatic N) is 1. The summed E-state index contributed by atoms with van der Waals surface area (Å²) in [4.78, 5) is 15.7. The number of benzene rings is 1. The molecule has 0 atom stereocenters. The second-order valence-corrected chi connectivity index (χ2v) is 4.77. The van der Waals surface area contributed by atoms with E-state index in [1.807, 2.05) is 0 Å². The zero-order valence-electron chi connectivity index (χ0n) is 8.95. The normalized spacial score (nSPS) is 10.2. The number of carbonyl (C=O) groups excluding carboxylic acids is 1. The average Bonchev–Trinajstić information content (AvgIpc) is 2.32. The van der Waals surface area contributed by atoms with E-state index in [4.69, 9.17) is 11.6 Å². The van der Waals surface area contributed by atoms with Gasteiger partial charge in [0.2, 0.25) is 0 Å². The zero-order chi connectivity index (χ0) is 13.1. The first-order valence-electron chi connectivity index (χ1n) is 4.94. The molecule has 2 rings (SSSR count). The van der Waals surface area contributed by atoms with Crippen molar-refractivity contribution in [1.82, 2.24) is 4.98 Å². The largest absolute Gasteiger partial charge is 0.320 e. The number of halogens is 3. The highest BCUT2D eigenvalue weighted by atomic mass is 79.9. The van der Waals surface area contributed by atoms with Crippen LogP contribution in [0.15, 0.2) is 41.1 Å². The first-order valence-corrected chi connectivity index (χ1v) is 6.11. The lowest BCUT2D eigenvalue weighted by atomic mass is 10.2. The number of hydrogen-bond donors (Lipinski definition) is 1. The smallest absolute Gasteiger partial charge is 0.258 e. The highest BCUT2D eigenvalue weighted by Gasteiger charge is 2.14. The van der Waals surface area contributed by atoms with Gasteiger partial charge in [-0.25, -0.2) is 4.39 Å². The topological polar surface area (TPSA) is 42.0 Å².